The van der Waals surface area contributed by atoms with E-state index >= 15 is 0 Å². The van der Waals surface area contributed by atoms with Gasteiger partial charge in [0.25, 0.3) is 0 Å². The Kier molecular flexibility index (Phi) is 4.01. The van der Waals surface area contributed by atoms with E-state index in [1.165, 1.54) is 13.3 Å². The minimum Gasteiger partial charge on any atom is -0.465 e. The van der Waals surface area contributed by atoms with Crippen molar-refractivity contribution in [3.8, 4) is 0 Å². The zero-order valence-corrected chi connectivity index (χ0v) is 8.98. The summed E-state index contributed by atoms with van der Waals surface area (Å²) in [4.78, 5) is 28.9. The Hall–Kier alpha value is -1.89. The number of methoxy groups -OCH3 is 1. The number of ether oxygens (including phenoxy) is 1. The predicted octanol–water partition coefficient (Wildman–Crippen LogP) is 0.684. The average Bonchev–Trinajstić information content (AvgIpc) is 2.27. The topological polar surface area (TPSA) is 101 Å². The van der Waals surface area contributed by atoms with Crippen LogP contribution in [-0.4, -0.2) is 34.2 Å². The van der Waals surface area contributed by atoms with Gasteiger partial charge in [0.15, 0.2) is 10.8 Å². The second-order valence-corrected chi connectivity index (χ2v) is 3.01. The van der Waals surface area contributed by atoms with E-state index in [4.69, 9.17) is 16.7 Å². The quantitative estimate of drug-likeness (QED) is 0.760. The molecular weight excluding hydrogens is 238 g/mol. The smallest absolute Gasteiger partial charge is 0.404 e. The number of carbonyl (C=O) groups excluding carboxylic acids is 1. The first-order valence-corrected chi connectivity index (χ1v) is 4.49. The lowest BCUT2D eigenvalue weighted by Crippen LogP contribution is -2.21. The average molecular weight is 246 g/mol. The number of carbonyl (C=O) groups is 2. The zero-order valence-electron chi connectivity index (χ0n) is 8.23. The Morgan fingerprint density at radius 3 is 2.88 bits per heavy atom. The number of carboxylic acid groups (broad SMARTS) is 1. The minimum atomic E-state index is -1.20. The van der Waals surface area contributed by atoms with Crippen LogP contribution in [0.3, 0.4) is 0 Å². The molecule has 2 N–H and O–H groups in total. The fourth-order valence-electron chi connectivity index (χ4n) is 0.889. The fourth-order valence-corrected chi connectivity index (χ4v) is 1.06. The lowest BCUT2D eigenvalue weighted by Gasteiger charge is -2.04. The number of esters is 1. The molecule has 16 heavy (non-hydrogen) atoms. The predicted molar refractivity (Wildman–Crippen MR) is 53.2 cm³/mol. The number of hydrogen-bond donors (Lipinski definition) is 2. The van der Waals surface area contributed by atoms with E-state index in [9.17, 15) is 9.59 Å². The van der Waals surface area contributed by atoms with Crippen molar-refractivity contribution in [2.45, 2.75) is 6.54 Å². The first-order chi connectivity index (χ1) is 7.54. The van der Waals surface area contributed by atoms with Crippen molar-refractivity contribution in [3.63, 3.8) is 0 Å². The molecule has 0 aromatic carbocycles. The van der Waals surface area contributed by atoms with E-state index in [2.05, 4.69) is 20.0 Å². The van der Waals surface area contributed by atoms with Gasteiger partial charge in [0, 0.05) is 0 Å². The molecule has 0 unspecified atom stereocenters. The summed E-state index contributed by atoms with van der Waals surface area (Å²) in [7, 11) is 1.18. The summed E-state index contributed by atoms with van der Waals surface area (Å²) in [6.07, 6.45) is 0.0708. The molecule has 7 nitrogen and oxygen atoms in total. The molecule has 86 valence electrons. The highest BCUT2D eigenvalue weighted by Gasteiger charge is 2.14. The summed E-state index contributed by atoms with van der Waals surface area (Å²) in [5.74, 6) is -0.727. The normalized spacial score (nSPS) is 9.62. The SMILES string of the molecule is COC(=O)c1nc(CNC(=O)O)cnc1Cl. The van der Waals surface area contributed by atoms with Gasteiger partial charge in [0.2, 0.25) is 0 Å². The largest absolute Gasteiger partial charge is 0.465 e. The van der Waals surface area contributed by atoms with E-state index in [1.54, 1.807) is 0 Å². The van der Waals surface area contributed by atoms with Gasteiger partial charge in [0.1, 0.15) is 0 Å². The van der Waals surface area contributed by atoms with Gasteiger partial charge in [-0.3, -0.25) is 0 Å². The lowest BCUT2D eigenvalue weighted by atomic mass is 10.4. The molecule has 0 saturated heterocycles. The van der Waals surface area contributed by atoms with Crippen LogP contribution in [0.4, 0.5) is 4.79 Å². The van der Waals surface area contributed by atoms with Gasteiger partial charge in [-0.1, -0.05) is 11.6 Å². The first kappa shape index (κ1) is 12.2. The van der Waals surface area contributed by atoms with Gasteiger partial charge in [-0.05, 0) is 0 Å². The van der Waals surface area contributed by atoms with Crippen LogP contribution in [0.15, 0.2) is 6.20 Å². The number of nitrogens with one attached hydrogen (secondary N) is 1. The van der Waals surface area contributed by atoms with Crippen LogP contribution in [0.1, 0.15) is 16.2 Å². The summed E-state index contributed by atoms with van der Waals surface area (Å²) in [5.41, 5.74) is 0.126. The van der Waals surface area contributed by atoms with Crippen molar-refractivity contribution in [1.82, 2.24) is 15.3 Å². The van der Waals surface area contributed by atoms with Gasteiger partial charge in [-0.15, -0.1) is 0 Å². The third kappa shape index (κ3) is 3.06. The molecule has 1 heterocycles. The van der Waals surface area contributed by atoms with Crippen molar-refractivity contribution >= 4 is 23.7 Å². The van der Waals surface area contributed by atoms with Crippen molar-refractivity contribution in [3.05, 3.63) is 22.7 Å². The van der Waals surface area contributed by atoms with Crippen molar-refractivity contribution < 1.29 is 19.4 Å². The summed E-state index contributed by atoms with van der Waals surface area (Å²) in [6, 6.07) is 0. The van der Waals surface area contributed by atoms with Gasteiger partial charge < -0.3 is 15.2 Å². The van der Waals surface area contributed by atoms with Crippen LogP contribution in [0.25, 0.3) is 0 Å². The number of aromatic nitrogens is 2. The maximum atomic E-state index is 11.2. The molecule has 0 fully saturated rings. The number of nitrogens with zero attached hydrogens (tertiary/aromatic N) is 2. The summed E-state index contributed by atoms with van der Waals surface area (Å²) < 4.78 is 4.44. The van der Waals surface area contributed by atoms with Gasteiger partial charge in [0.05, 0.1) is 25.5 Å². The minimum absolute atomic E-state index is 0.0660. The zero-order chi connectivity index (χ0) is 12.1. The fraction of sp³-hybridized carbons (Fsp3) is 0.250. The van der Waals surface area contributed by atoms with E-state index < -0.39 is 12.1 Å². The molecule has 0 aliphatic rings. The molecule has 0 spiro atoms. The Labute approximate surface area is 95.4 Å². The maximum Gasteiger partial charge on any atom is 0.404 e. The Balaban J connectivity index is 2.89. The summed E-state index contributed by atoms with van der Waals surface area (Å²) >= 11 is 5.62. The summed E-state index contributed by atoms with van der Waals surface area (Å²) in [6.45, 7) is -0.0660. The monoisotopic (exact) mass is 245 g/mol. The second kappa shape index (κ2) is 5.26. The number of hydrogen-bond acceptors (Lipinski definition) is 5. The van der Waals surface area contributed by atoms with Crippen molar-refractivity contribution in [2.24, 2.45) is 0 Å². The van der Waals surface area contributed by atoms with Crippen LogP contribution < -0.4 is 5.32 Å². The highest BCUT2D eigenvalue weighted by molar-refractivity contribution is 6.32. The Morgan fingerprint density at radius 2 is 2.31 bits per heavy atom. The third-order valence-electron chi connectivity index (χ3n) is 1.58. The van der Waals surface area contributed by atoms with Crippen LogP contribution in [0.5, 0.6) is 0 Å². The maximum absolute atomic E-state index is 11.2. The molecule has 1 rings (SSSR count). The Morgan fingerprint density at radius 1 is 1.62 bits per heavy atom. The molecule has 0 radical (unpaired) electrons. The second-order valence-electron chi connectivity index (χ2n) is 2.65. The number of rotatable bonds is 3. The van der Waals surface area contributed by atoms with E-state index in [1.807, 2.05) is 0 Å². The molecule has 1 aromatic heterocycles. The highest BCUT2D eigenvalue weighted by atomic mass is 35.5. The van der Waals surface area contributed by atoms with Crippen LogP contribution >= 0.6 is 11.6 Å². The molecular formula is C8H8ClN3O4. The lowest BCUT2D eigenvalue weighted by molar-refractivity contribution is 0.0593. The van der Waals surface area contributed by atoms with Crippen LogP contribution in [0.2, 0.25) is 5.15 Å². The molecule has 8 heteroatoms. The van der Waals surface area contributed by atoms with Gasteiger partial charge in [-0.2, -0.15) is 0 Å². The molecule has 0 aliphatic carbocycles. The van der Waals surface area contributed by atoms with Crippen LogP contribution in [-0.2, 0) is 11.3 Å². The standard InChI is InChI=1S/C8H8ClN3O4/c1-16-7(13)5-6(9)10-2-4(12-5)3-11-8(14)15/h2,11H,3H2,1H3,(H,14,15). The number of halogens is 1. The summed E-state index contributed by atoms with van der Waals surface area (Å²) in [5, 5.41) is 10.4. The molecule has 0 bridgehead atoms. The Bertz CT molecular complexity index is 424. The molecule has 0 aliphatic heterocycles. The van der Waals surface area contributed by atoms with E-state index in [0.717, 1.165) is 0 Å². The molecule has 1 amide bonds. The highest BCUT2D eigenvalue weighted by Crippen LogP contribution is 2.11. The third-order valence-corrected chi connectivity index (χ3v) is 1.85. The molecule has 0 saturated carbocycles. The van der Waals surface area contributed by atoms with Crippen molar-refractivity contribution in [2.75, 3.05) is 7.11 Å². The molecule has 1 aromatic rings. The number of amides is 1. The van der Waals surface area contributed by atoms with E-state index in [0.29, 0.717) is 0 Å². The van der Waals surface area contributed by atoms with Crippen LogP contribution in [0, 0.1) is 0 Å². The van der Waals surface area contributed by atoms with Crippen molar-refractivity contribution in [1.29, 1.82) is 0 Å². The molecule has 0 atom stereocenters. The van der Waals surface area contributed by atoms with Gasteiger partial charge >= 0.3 is 12.1 Å². The van der Waals surface area contributed by atoms with Gasteiger partial charge in [-0.25, -0.2) is 19.6 Å². The van der Waals surface area contributed by atoms with E-state index in [-0.39, 0.29) is 23.1 Å². The first-order valence-electron chi connectivity index (χ1n) is 4.11.